The molecule has 0 radical (unpaired) electrons. The number of hydrogen-bond acceptors (Lipinski definition) is 3. The summed E-state index contributed by atoms with van der Waals surface area (Å²) < 4.78 is 51.5. The predicted octanol–water partition coefficient (Wildman–Crippen LogP) is 1.40. The van der Waals surface area contributed by atoms with E-state index in [4.69, 9.17) is 5.73 Å². The molecule has 0 spiro atoms. The summed E-state index contributed by atoms with van der Waals surface area (Å²) in [6.07, 6.45) is 0.413. The molecule has 0 aliphatic rings. The van der Waals surface area contributed by atoms with Crippen LogP contribution in [0.2, 0.25) is 0 Å². The Morgan fingerprint density at radius 2 is 2.00 bits per heavy atom. The molecule has 4 nitrogen and oxygen atoms in total. The van der Waals surface area contributed by atoms with Crippen LogP contribution in [0.5, 0.6) is 0 Å². The molecule has 0 aliphatic heterocycles. The smallest absolute Gasteiger partial charge is 0.243 e. The van der Waals surface area contributed by atoms with E-state index in [1.807, 2.05) is 0 Å². The van der Waals surface area contributed by atoms with Crippen LogP contribution >= 0.6 is 12.4 Å². The van der Waals surface area contributed by atoms with Crippen LogP contribution in [0.4, 0.5) is 8.78 Å². The summed E-state index contributed by atoms with van der Waals surface area (Å²) in [4.78, 5) is -0.692. The molecule has 3 N–H and O–H groups in total. The Bertz CT molecular complexity index is 495. The van der Waals surface area contributed by atoms with E-state index in [1.165, 1.54) is 0 Å². The second kappa shape index (κ2) is 6.98. The van der Waals surface area contributed by atoms with Crippen LogP contribution < -0.4 is 10.5 Å². The van der Waals surface area contributed by atoms with Crippen molar-refractivity contribution in [1.82, 2.24) is 4.72 Å². The first-order valence-electron chi connectivity index (χ1n) is 5.03. The van der Waals surface area contributed by atoms with Gasteiger partial charge in [0, 0.05) is 12.6 Å². The summed E-state index contributed by atoms with van der Waals surface area (Å²) in [6, 6.07) is 2.10. The average Bonchev–Trinajstić information content (AvgIpc) is 2.20. The molecule has 0 fully saturated rings. The lowest BCUT2D eigenvalue weighted by atomic mass is 10.3. The molecule has 0 bridgehead atoms. The molecular formula is C10H15ClF2N2O2S. The van der Waals surface area contributed by atoms with Gasteiger partial charge in [0.2, 0.25) is 10.0 Å². The van der Waals surface area contributed by atoms with Crippen molar-refractivity contribution in [1.29, 1.82) is 0 Å². The number of hydrogen-bond donors (Lipinski definition) is 2. The summed E-state index contributed by atoms with van der Waals surface area (Å²) in [5, 5.41) is 0. The van der Waals surface area contributed by atoms with Crippen LogP contribution in [0, 0.1) is 11.6 Å². The standard InChI is InChI=1S/C10H14F2N2O2S.ClH/c1-7(13)4-5-14-17(15,16)10-6-8(11)2-3-9(10)12;/h2-3,6-7,14H,4-5,13H2,1H3;1H. The quantitative estimate of drug-likeness (QED) is 0.863. The number of benzene rings is 1. The molecule has 1 unspecified atom stereocenters. The van der Waals surface area contributed by atoms with E-state index in [0.29, 0.717) is 12.5 Å². The van der Waals surface area contributed by atoms with Crippen molar-refractivity contribution in [3.05, 3.63) is 29.8 Å². The van der Waals surface area contributed by atoms with Crippen molar-refractivity contribution >= 4 is 22.4 Å². The van der Waals surface area contributed by atoms with Gasteiger partial charge in [-0.05, 0) is 31.5 Å². The van der Waals surface area contributed by atoms with E-state index in [9.17, 15) is 17.2 Å². The van der Waals surface area contributed by atoms with E-state index in [2.05, 4.69) is 4.72 Å². The number of rotatable bonds is 5. The van der Waals surface area contributed by atoms with Crippen LogP contribution in [0.25, 0.3) is 0 Å². The first-order valence-corrected chi connectivity index (χ1v) is 6.51. The SMILES string of the molecule is CC(N)CCNS(=O)(=O)c1cc(F)ccc1F.Cl. The molecule has 1 rings (SSSR count). The van der Waals surface area contributed by atoms with E-state index in [1.54, 1.807) is 6.92 Å². The fourth-order valence-electron chi connectivity index (χ4n) is 1.18. The Kier molecular flexibility index (Phi) is 6.69. The fraction of sp³-hybridized carbons (Fsp3) is 0.400. The van der Waals surface area contributed by atoms with E-state index in [0.717, 1.165) is 12.1 Å². The zero-order valence-electron chi connectivity index (χ0n) is 9.69. The molecule has 104 valence electrons. The fourth-order valence-corrected chi connectivity index (χ4v) is 2.32. The molecule has 0 heterocycles. The minimum absolute atomic E-state index is 0. The highest BCUT2D eigenvalue weighted by molar-refractivity contribution is 7.89. The molecule has 1 atom stereocenters. The number of nitrogens with one attached hydrogen (secondary N) is 1. The molecule has 8 heteroatoms. The zero-order valence-corrected chi connectivity index (χ0v) is 11.3. The second-order valence-corrected chi connectivity index (χ2v) is 5.47. The normalized spacial score (nSPS) is 12.9. The van der Waals surface area contributed by atoms with Gasteiger partial charge >= 0.3 is 0 Å². The molecule has 18 heavy (non-hydrogen) atoms. The van der Waals surface area contributed by atoms with Gasteiger partial charge in [-0.1, -0.05) is 0 Å². The maximum absolute atomic E-state index is 13.2. The van der Waals surface area contributed by atoms with Gasteiger partial charge in [0.1, 0.15) is 16.5 Å². The topological polar surface area (TPSA) is 72.2 Å². The zero-order chi connectivity index (χ0) is 13.1. The van der Waals surface area contributed by atoms with E-state index >= 15 is 0 Å². The summed E-state index contributed by atoms with van der Waals surface area (Å²) in [5.41, 5.74) is 5.45. The van der Waals surface area contributed by atoms with Crippen LogP contribution in [-0.4, -0.2) is 21.0 Å². The van der Waals surface area contributed by atoms with Crippen molar-refractivity contribution < 1.29 is 17.2 Å². The van der Waals surface area contributed by atoms with Crippen molar-refractivity contribution in [3.63, 3.8) is 0 Å². The first-order chi connectivity index (χ1) is 7.83. The highest BCUT2D eigenvalue weighted by Gasteiger charge is 2.19. The van der Waals surface area contributed by atoms with Gasteiger partial charge in [-0.2, -0.15) is 0 Å². The lowest BCUT2D eigenvalue weighted by Crippen LogP contribution is -2.29. The Morgan fingerprint density at radius 3 is 2.56 bits per heavy atom. The number of nitrogens with two attached hydrogens (primary N) is 1. The van der Waals surface area contributed by atoms with Crippen molar-refractivity contribution in [3.8, 4) is 0 Å². The largest absolute Gasteiger partial charge is 0.328 e. The molecule has 0 aromatic heterocycles. The summed E-state index contributed by atoms with van der Waals surface area (Å²) in [5.74, 6) is -1.79. The van der Waals surface area contributed by atoms with Gasteiger partial charge in [0.15, 0.2) is 0 Å². The Morgan fingerprint density at radius 1 is 1.39 bits per heavy atom. The van der Waals surface area contributed by atoms with Gasteiger partial charge in [-0.3, -0.25) is 0 Å². The van der Waals surface area contributed by atoms with Crippen molar-refractivity contribution in [2.24, 2.45) is 5.73 Å². The Labute approximate surface area is 111 Å². The van der Waals surface area contributed by atoms with Gasteiger partial charge in [-0.25, -0.2) is 21.9 Å². The first kappa shape index (κ1) is 17.2. The van der Waals surface area contributed by atoms with Crippen LogP contribution in [-0.2, 0) is 10.0 Å². The third kappa shape index (κ3) is 4.85. The van der Waals surface area contributed by atoms with E-state index in [-0.39, 0.29) is 25.0 Å². The Balaban J connectivity index is 0.00000289. The lowest BCUT2D eigenvalue weighted by molar-refractivity contribution is 0.542. The van der Waals surface area contributed by atoms with Gasteiger partial charge in [-0.15, -0.1) is 12.4 Å². The molecular weight excluding hydrogens is 286 g/mol. The molecule has 0 aliphatic carbocycles. The van der Waals surface area contributed by atoms with Crippen LogP contribution in [0.1, 0.15) is 13.3 Å². The highest BCUT2D eigenvalue weighted by atomic mass is 35.5. The molecule has 0 saturated heterocycles. The van der Waals surface area contributed by atoms with Crippen molar-refractivity contribution in [2.45, 2.75) is 24.3 Å². The maximum Gasteiger partial charge on any atom is 0.243 e. The summed E-state index contributed by atoms with van der Waals surface area (Å²) in [7, 11) is -4.03. The minimum Gasteiger partial charge on any atom is -0.328 e. The highest BCUT2D eigenvalue weighted by Crippen LogP contribution is 2.15. The third-order valence-corrected chi connectivity index (χ3v) is 3.55. The molecule has 1 aromatic carbocycles. The van der Waals surface area contributed by atoms with Gasteiger partial charge < -0.3 is 5.73 Å². The van der Waals surface area contributed by atoms with E-state index < -0.39 is 26.6 Å². The Hall–Kier alpha value is -0.760. The van der Waals surface area contributed by atoms with Gasteiger partial charge in [0.05, 0.1) is 0 Å². The molecule has 0 saturated carbocycles. The average molecular weight is 301 g/mol. The predicted molar refractivity (Wildman–Crippen MR) is 67.1 cm³/mol. The van der Waals surface area contributed by atoms with Crippen LogP contribution in [0.15, 0.2) is 23.1 Å². The number of sulfonamides is 1. The van der Waals surface area contributed by atoms with Crippen molar-refractivity contribution in [2.75, 3.05) is 6.54 Å². The lowest BCUT2D eigenvalue weighted by Gasteiger charge is -2.09. The third-order valence-electron chi connectivity index (χ3n) is 2.07. The minimum atomic E-state index is -4.03. The summed E-state index contributed by atoms with van der Waals surface area (Å²) in [6.45, 7) is 1.80. The maximum atomic E-state index is 13.2. The van der Waals surface area contributed by atoms with Gasteiger partial charge in [0.25, 0.3) is 0 Å². The second-order valence-electron chi connectivity index (χ2n) is 3.74. The summed E-state index contributed by atoms with van der Waals surface area (Å²) >= 11 is 0. The molecule has 1 aromatic rings. The van der Waals surface area contributed by atoms with Crippen LogP contribution in [0.3, 0.4) is 0 Å². The number of halogens is 3. The molecule has 0 amide bonds. The monoisotopic (exact) mass is 300 g/mol.